The number of hydrogen-bond donors (Lipinski definition) is 0. The van der Waals surface area contributed by atoms with Gasteiger partial charge in [-0.2, -0.15) is 0 Å². The summed E-state index contributed by atoms with van der Waals surface area (Å²) in [6, 6.07) is 0. The number of rotatable bonds is 1. The van der Waals surface area contributed by atoms with E-state index in [9.17, 15) is 4.79 Å². The van der Waals surface area contributed by atoms with Crippen molar-refractivity contribution >= 4 is 5.78 Å². The van der Waals surface area contributed by atoms with Crippen LogP contribution in [0.15, 0.2) is 0 Å². The van der Waals surface area contributed by atoms with Gasteiger partial charge in [-0.1, -0.05) is 20.8 Å². The third kappa shape index (κ3) is 2.31. The molecule has 1 atom stereocenters. The third-order valence-corrected chi connectivity index (χ3v) is 2.27. The normalized spacial score (nSPS) is 25.4. The molecule has 1 fully saturated rings. The lowest BCUT2D eigenvalue weighted by atomic mass is 9.81. The number of carbonyl (C=O) groups is 1. The van der Waals surface area contributed by atoms with Gasteiger partial charge < -0.3 is 4.74 Å². The molecule has 1 aliphatic rings. The Morgan fingerprint density at radius 1 is 1.42 bits per heavy atom. The summed E-state index contributed by atoms with van der Waals surface area (Å²) in [4.78, 5) is 11.7. The molecule has 1 heterocycles. The molecule has 0 saturated carbocycles. The fraction of sp³-hybridized carbons (Fsp3) is 0.900. The zero-order valence-corrected chi connectivity index (χ0v) is 8.22. The highest BCUT2D eigenvalue weighted by Crippen LogP contribution is 2.25. The molecule has 70 valence electrons. The molecule has 2 nitrogen and oxygen atoms in total. The molecule has 0 spiro atoms. The fourth-order valence-corrected chi connectivity index (χ4v) is 1.56. The Labute approximate surface area is 74.3 Å². The van der Waals surface area contributed by atoms with E-state index >= 15 is 0 Å². The Morgan fingerprint density at radius 3 is 2.50 bits per heavy atom. The summed E-state index contributed by atoms with van der Waals surface area (Å²) in [6.45, 7) is 7.39. The molecule has 0 radical (unpaired) electrons. The Balaban J connectivity index is 2.51. The zero-order valence-electron chi connectivity index (χ0n) is 8.22. The topological polar surface area (TPSA) is 26.3 Å². The zero-order chi connectivity index (χ0) is 9.19. The molecule has 12 heavy (non-hydrogen) atoms. The van der Waals surface area contributed by atoms with Crippen LogP contribution in [0.2, 0.25) is 0 Å². The Kier molecular flexibility index (Phi) is 2.89. The van der Waals surface area contributed by atoms with Crippen LogP contribution >= 0.6 is 0 Å². The Morgan fingerprint density at radius 2 is 2.08 bits per heavy atom. The summed E-state index contributed by atoms with van der Waals surface area (Å²) in [5, 5.41) is 0. The average molecular weight is 170 g/mol. The van der Waals surface area contributed by atoms with Gasteiger partial charge in [0.1, 0.15) is 5.78 Å². The quantitative estimate of drug-likeness (QED) is 0.602. The predicted octanol–water partition coefficient (Wildman–Crippen LogP) is 2.03. The van der Waals surface area contributed by atoms with Crippen molar-refractivity contribution in [1.29, 1.82) is 0 Å². The molecular formula is C10H18O2. The van der Waals surface area contributed by atoms with Crippen molar-refractivity contribution in [2.75, 3.05) is 13.2 Å². The first-order valence-corrected chi connectivity index (χ1v) is 4.64. The second-order valence-electron chi connectivity index (χ2n) is 4.53. The van der Waals surface area contributed by atoms with Gasteiger partial charge in [0.25, 0.3) is 0 Å². The molecule has 0 aliphatic carbocycles. The van der Waals surface area contributed by atoms with Crippen LogP contribution in [-0.4, -0.2) is 19.0 Å². The van der Waals surface area contributed by atoms with E-state index in [1.807, 2.05) is 20.8 Å². The molecular weight excluding hydrogens is 152 g/mol. The van der Waals surface area contributed by atoms with Crippen LogP contribution in [0.3, 0.4) is 0 Å². The molecule has 1 rings (SSSR count). The third-order valence-electron chi connectivity index (χ3n) is 2.27. The molecule has 0 amide bonds. The maximum absolute atomic E-state index is 11.7. The summed E-state index contributed by atoms with van der Waals surface area (Å²) in [5.74, 6) is 0.501. The first kappa shape index (κ1) is 9.72. The van der Waals surface area contributed by atoms with E-state index in [1.165, 1.54) is 0 Å². The van der Waals surface area contributed by atoms with Crippen molar-refractivity contribution in [3.63, 3.8) is 0 Å². The van der Waals surface area contributed by atoms with E-state index in [-0.39, 0.29) is 11.3 Å². The van der Waals surface area contributed by atoms with Crippen LogP contribution in [0.25, 0.3) is 0 Å². The lowest BCUT2D eigenvalue weighted by Gasteiger charge is -2.27. The molecule has 0 unspecified atom stereocenters. The highest BCUT2D eigenvalue weighted by atomic mass is 16.5. The smallest absolute Gasteiger partial charge is 0.143 e. The molecule has 0 aromatic heterocycles. The van der Waals surface area contributed by atoms with Crippen molar-refractivity contribution in [1.82, 2.24) is 0 Å². The molecule has 0 N–H and O–H groups in total. The van der Waals surface area contributed by atoms with Gasteiger partial charge in [0, 0.05) is 17.9 Å². The van der Waals surface area contributed by atoms with E-state index in [0.717, 1.165) is 19.4 Å². The lowest BCUT2D eigenvalue weighted by molar-refractivity contribution is -0.134. The first-order valence-electron chi connectivity index (χ1n) is 4.64. The van der Waals surface area contributed by atoms with Gasteiger partial charge in [0.2, 0.25) is 0 Å². The maximum atomic E-state index is 11.7. The van der Waals surface area contributed by atoms with E-state index in [4.69, 9.17) is 4.74 Å². The number of ketones is 1. The van der Waals surface area contributed by atoms with Crippen molar-refractivity contribution < 1.29 is 9.53 Å². The molecule has 1 saturated heterocycles. The Bertz CT molecular complexity index is 161. The van der Waals surface area contributed by atoms with E-state index in [2.05, 4.69) is 0 Å². The highest BCUT2D eigenvalue weighted by Gasteiger charge is 2.30. The largest absolute Gasteiger partial charge is 0.381 e. The molecule has 0 bridgehead atoms. The average Bonchev–Trinajstić information content (AvgIpc) is 2.03. The number of carbonyl (C=O) groups excluding carboxylic acids is 1. The van der Waals surface area contributed by atoms with Crippen LogP contribution in [0, 0.1) is 11.3 Å². The van der Waals surface area contributed by atoms with Gasteiger partial charge in [-0.25, -0.2) is 0 Å². The van der Waals surface area contributed by atoms with Gasteiger partial charge in [-0.3, -0.25) is 4.79 Å². The van der Waals surface area contributed by atoms with Crippen LogP contribution in [-0.2, 0) is 9.53 Å². The molecule has 0 aromatic rings. The van der Waals surface area contributed by atoms with E-state index < -0.39 is 0 Å². The minimum absolute atomic E-state index is 0.152. The second-order valence-corrected chi connectivity index (χ2v) is 4.53. The number of Topliss-reactive ketones (excluding diaryl/α,β-unsaturated/α-hetero) is 1. The SMILES string of the molecule is CC(C)(C)C(=O)[C@@H]1CCCOC1. The number of ether oxygens (including phenoxy) is 1. The maximum Gasteiger partial charge on any atom is 0.143 e. The van der Waals surface area contributed by atoms with Gasteiger partial charge in [-0.05, 0) is 12.8 Å². The summed E-state index contributed by atoms with van der Waals surface area (Å²) in [6.07, 6.45) is 2.04. The molecule has 0 aromatic carbocycles. The fourth-order valence-electron chi connectivity index (χ4n) is 1.56. The van der Waals surface area contributed by atoms with Crippen LogP contribution < -0.4 is 0 Å². The van der Waals surface area contributed by atoms with Crippen molar-refractivity contribution in [2.45, 2.75) is 33.6 Å². The van der Waals surface area contributed by atoms with Gasteiger partial charge in [-0.15, -0.1) is 0 Å². The Hall–Kier alpha value is -0.370. The lowest BCUT2D eigenvalue weighted by Crippen LogP contribution is -2.33. The van der Waals surface area contributed by atoms with Crippen LogP contribution in [0.5, 0.6) is 0 Å². The monoisotopic (exact) mass is 170 g/mol. The molecule has 1 aliphatic heterocycles. The van der Waals surface area contributed by atoms with Crippen molar-refractivity contribution in [3.8, 4) is 0 Å². The number of hydrogen-bond acceptors (Lipinski definition) is 2. The highest BCUT2D eigenvalue weighted by molar-refractivity contribution is 5.86. The van der Waals surface area contributed by atoms with Crippen molar-refractivity contribution in [3.05, 3.63) is 0 Å². The van der Waals surface area contributed by atoms with Crippen LogP contribution in [0.4, 0.5) is 0 Å². The summed E-state index contributed by atoms with van der Waals surface area (Å²) >= 11 is 0. The van der Waals surface area contributed by atoms with E-state index in [1.54, 1.807) is 0 Å². The summed E-state index contributed by atoms with van der Waals surface area (Å²) < 4.78 is 5.28. The van der Waals surface area contributed by atoms with Crippen LogP contribution in [0.1, 0.15) is 33.6 Å². The second kappa shape index (κ2) is 3.56. The summed E-state index contributed by atoms with van der Waals surface area (Å²) in [7, 11) is 0. The van der Waals surface area contributed by atoms with Crippen molar-refractivity contribution in [2.24, 2.45) is 11.3 Å². The standard InChI is InChI=1S/C10H18O2/c1-10(2,3)9(11)8-5-4-6-12-7-8/h8H,4-7H2,1-3H3/t8-/m1/s1. The minimum Gasteiger partial charge on any atom is -0.381 e. The van der Waals surface area contributed by atoms with E-state index in [0.29, 0.717) is 12.4 Å². The van der Waals surface area contributed by atoms with Gasteiger partial charge in [0.05, 0.1) is 6.61 Å². The summed E-state index contributed by atoms with van der Waals surface area (Å²) in [5.41, 5.74) is -0.203. The minimum atomic E-state index is -0.203. The van der Waals surface area contributed by atoms with Gasteiger partial charge in [0.15, 0.2) is 0 Å². The predicted molar refractivity (Wildman–Crippen MR) is 48.0 cm³/mol. The molecule has 2 heteroatoms. The first-order chi connectivity index (χ1) is 5.52. The van der Waals surface area contributed by atoms with Gasteiger partial charge >= 0.3 is 0 Å².